The molecule has 27 heavy (non-hydrogen) atoms. The first-order chi connectivity index (χ1) is 13.0. The van der Waals surface area contributed by atoms with Crippen LogP contribution in [0.5, 0.6) is 5.75 Å². The number of carbonyl (C=O) groups is 1. The highest BCUT2D eigenvalue weighted by molar-refractivity contribution is 5.79. The van der Waals surface area contributed by atoms with Crippen molar-refractivity contribution in [2.75, 3.05) is 26.9 Å². The van der Waals surface area contributed by atoms with Crippen molar-refractivity contribution in [3.8, 4) is 5.75 Å². The molecule has 1 aliphatic heterocycles. The van der Waals surface area contributed by atoms with Crippen LogP contribution >= 0.6 is 0 Å². The number of amides is 1. The van der Waals surface area contributed by atoms with Gasteiger partial charge in [0, 0.05) is 49.0 Å². The maximum Gasteiger partial charge on any atom is 0.224 e. The summed E-state index contributed by atoms with van der Waals surface area (Å²) in [4.78, 5) is 12.7. The molecule has 146 valence electrons. The topological polar surface area (TPSA) is 65.4 Å². The predicted octanol–water partition coefficient (Wildman–Crippen LogP) is 2.45. The molecule has 0 bridgehead atoms. The van der Waals surface area contributed by atoms with Gasteiger partial charge in [-0.1, -0.05) is 18.2 Å². The molecule has 0 spiro atoms. The lowest BCUT2D eigenvalue weighted by Crippen LogP contribution is -2.45. The molecule has 0 saturated carbocycles. The van der Waals surface area contributed by atoms with Crippen molar-refractivity contribution < 1.29 is 14.3 Å². The van der Waals surface area contributed by atoms with Gasteiger partial charge in [-0.3, -0.25) is 9.48 Å². The average Bonchev–Trinajstić information content (AvgIpc) is 2.93. The monoisotopic (exact) mass is 371 g/mol. The van der Waals surface area contributed by atoms with E-state index in [2.05, 4.69) is 16.5 Å². The van der Waals surface area contributed by atoms with Crippen molar-refractivity contribution in [2.45, 2.75) is 38.5 Å². The standard InChI is InChI=1S/C21H29N3O3/c1-15-17(16(2)24(3)23-15)13-20(25)22-14-21(9-11-27-12-10-21)18-7-5-6-8-19(18)26-4/h5-8H,9-14H2,1-4H3,(H,22,25). The second-order valence-electron chi connectivity index (χ2n) is 7.32. The minimum Gasteiger partial charge on any atom is -0.496 e. The van der Waals surface area contributed by atoms with E-state index in [-0.39, 0.29) is 11.3 Å². The Morgan fingerprint density at radius 2 is 2.00 bits per heavy atom. The van der Waals surface area contributed by atoms with Gasteiger partial charge >= 0.3 is 0 Å². The van der Waals surface area contributed by atoms with Gasteiger partial charge in [0.05, 0.1) is 19.2 Å². The first-order valence-electron chi connectivity index (χ1n) is 9.44. The summed E-state index contributed by atoms with van der Waals surface area (Å²) in [6.45, 7) is 5.90. The molecule has 6 heteroatoms. The van der Waals surface area contributed by atoms with E-state index in [9.17, 15) is 4.79 Å². The van der Waals surface area contributed by atoms with Gasteiger partial charge in [-0.25, -0.2) is 0 Å². The van der Waals surface area contributed by atoms with Gasteiger partial charge < -0.3 is 14.8 Å². The number of aromatic nitrogens is 2. The van der Waals surface area contributed by atoms with Crippen LogP contribution < -0.4 is 10.1 Å². The number of methoxy groups -OCH3 is 1. The Labute approximate surface area is 160 Å². The molecular weight excluding hydrogens is 342 g/mol. The van der Waals surface area contributed by atoms with Crippen molar-refractivity contribution in [1.29, 1.82) is 0 Å². The number of hydrogen-bond acceptors (Lipinski definition) is 4. The first kappa shape index (κ1) is 19.4. The van der Waals surface area contributed by atoms with Crippen molar-refractivity contribution >= 4 is 5.91 Å². The largest absolute Gasteiger partial charge is 0.496 e. The third kappa shape index (κ3) is 4.00. The molecule has 2 heterocycles. The van der Waals surface area contributed by atoms with Gasteiger partial charge in [0.2, 0.25) is 5.91 Å². The molecule has 6 nitrogen and oxygen atoms in total. The summed E-state index contributed by atoms with van der Waals surface area (Å²) in [5.74, 6) is 0.891. The highest BCUT2D eigenvalue weighted by Crippen LogP contribution is 2.39. The van der Waals surface area contributed by atoms with Crippen LogP contribution in [0.3, 0.4) is 0 Å². The predicted molar refractivity (Wildman–Crippen MR) is 104 cm³/mol. The van der Waals surface area contributed by atoms with E-state index in [0.29, 0.717) is 26.2 Å². The summed E-state index contributed by atoms with van der Waals surface area (Å²) < 4.78 is 13.0. The number of benzene rings is 1. The van der Waals surface area contributed by atoms with Crippen molar-refractivity contribution in [3.05, 3.63) is 46.8 Å². The summed E-state index contributed by atoms with van der Waals surface area (Å²) in [6, 6.07) is 8.09. The zero-order valence-corrected chi connectivity index (χ0v) is 16.7. The number of aryl methyl sites for hydroxylation is 2. The minimum absolute atomic E-state index is 0.0231. The highest BCUT2D eigenvalue weighted by atomic mass is 16.5. The Morgan fingerprint density at radius 3 is 2.63 bits per heavy atom. The van der Waals surface area contributed by atoms with Crippen LogP contribution in [0, 0.1) is 13.8 Å². The van der Waals surface area contributed by atoms with Crippen LogP contribution in [0.1, 0.15) is 35.4 Å². The number of hydrogen-bond donors (Lipinski definition) is 1. The van der Waals surface area contributed by atoms with Gasteiger partial charge in [-0.05, 0) is 32.8 Å². The maximum absolute atomic E-state index is 12.7. The molecule has 1 amide bonds. The van der Waals surface area contributed by atoms with Crippen molar-refractivity contribution in [3.63, 3.8) is 0 Å². The van der Waals surface area contributed by atoms with Crippen molar-refractivity contribution in [1.82, 2.24) is 15.1 Å². The molecule has 0 aliphatic carbocycles. The van der Waals surface area contributed by atoms with E-state index < -0.39 is 0 Å². The third-order valence-corrected chi connectivity index (χ3v) is 5.75. The van der Waals surface area contributed by atoms with Gasteiger partial charge in [0.1, 0.15) is 5.75 Å². The quantitative estimate of drug-likeness (QED) is 0.847. The third-order valence-electron chi connectivity index (χ3n) is 5.75. The van der Waals surface area contributed by atoms with Crippen LogP contribution in [-0.4, -0.2) is 42.6 Å². The second kappa shape index (κ2) is 8.13. The summed E-state index contributed by atoms with van der Waals surface area (Å²) in [6.07, 6.45) is 2.07. The van der Waals surface area contributed by atoms with Crippen LogP contribution in [0.4, 0.5) is 0 Å². The SMILES string of the molecule is COc1ccccc1C1(CNC(=O)Cc2c(C)nn(C)c2C)CCOCC1. The van der Waals surface area contributed by atoms with Crippen LogP contribution in [-0.2, 0) is 28.4 Å². The van der Waals surface area contributed by atoms with E-state index >= 15 is 0 Å². The molecule has 1 aromatic heterocycles. The Hall–Kier alpha value is -2.34. The number of carbonyl (C=O) groups excluding carboxylic acids is 1. The fourth-order valence-electron chi connectivity index (χ4n) is 3.95. The molecule has 0 atom stereocenters. The lowest BCUT2D eigenvalue weighted by atomic mass is 9.73. The van der Waals surface area contributed by atoms with E-state index in [0.717, 1.165) is 41.1 Å². The van der Waals surface area contributed by atoms with E-state index in [1.54, 1.807) is 7.11 Å². The van der Waals surface area contributed by atoms with Crippen LogP contribution in [0.25, 0.3) is 0 Å². The molecule has 0 unspecified atom stereocenters. The number of nitrogens with one attached hydrogen (secondary N) is 1. The minimum atomic E-state index is -0.167. The van der Waals surface area contributed by atoms with E-state index in [1.807, 2.05) is 43.8 Å². The number of para-hydroxylation sites is 1. The Balaban J connectivity index is 1.76. The lowest BCUT2D eigenvalue weighted by molar-refractivity contribution is -0.121. The van der Waals surface area contributed by atoms with Crippen LogP contribution in [0.15, 0.2) is 24.3 Å². The van der Waals surface area contributed by atoms with E-state index in [4.69, 9.17) is 9.47 Å². The normalized spacial score (nSPS) is 16.1. The van der Waals surface area contributed by atoms with E-state index in [1.165, 1.54) is 0 Å². The highest BCUT2D eigenvalue weighted by Gasteiger charge is 2.37. The molecule has 1 saturated heterocycles. The summed E-state index contributed by atoms with van der Waals surface area (Å²) in [5, 5.41) is 7.57. The Bertz CT molecular complexity index is 807. The average molecular weight is 371 g/mol. The number of ether oxygens (including phenoxy) is 2. The van der Waals surface area contributed by atoms with Gasteiger partial charge in [0.15, 0.2) is 0 Å². The molecular formula is C21H29N3O3. The first-order valence-corrected chi connectivity index (χ1v) is 9.44. The summed E-state index contributed by atoms with van der Waals surface area (Å²) in [5.41, 5.74) is 3.93. The maximum atomic E-state index is 12.7. The molecule has 2 aromatic rings. The second-order valence-corrected chi connectivity index (χ2v) is 7.32. The number of rotatable bonds is 6. The van der Waals surface area contributed by atoms with Crippen LogP contribution in [0.2, 0.25) is 0 Å². The Kier molecular flexibility index (Phi) is 5.85. The fraction of sp³-hybridized carbons (Fsp3) is 0.524. The van der Waals surface area contributed by atoms with Gasteiger partial charge in [-0.2, -0.15) is 5.10 Å². The molecule has 0 radical (unpaired) electrons. The zero-order chi connectivity index (χ0) is 19.4. The molecule has 1 aromatic carbocycles. The smallest absolute Gasteiger partial charge is 0.224 e. The number of nitrogens with zero attached hydrogens (tertiary/aromatic N) is 2. The Morgan fingerprint density at radius 1 is 1.30 bits per heavy atom. The van der Waals surface area contributed by atoms with Gasteiger partial charge in [0.25, 0.3) is 0 Å². The lowest BCUT2D eigenvalue weighted by Gasteiger charge is -2.38. The van der Waals surface area contributed by atoms with Gasteiger partial charge in [-0.15, -0.1) is 0 Å². The fourth-order valence-corrected chi connectivity index (χ4v) is 3.95. The zero-order valence-electron chi connectivity index (χ0n) is 16.7. The summed E-state index contributed by atoms with van der Waals surface area (Å²) >= 11 is 0. The molecule has 1 fully saturated rings. The molecule has 1 aliphatic rings. The molecule has 3 rings (SSSR count). The summed E-state index contributed by atoms with van der Waals surface area (Å²) in [7, 11) is 3.60. The molecule has 1 N–H and O–H groups in total. The van der Waals surface area contributed by atoms with Crippen molar-refractivity contribution in [2.24, 2.45) is 7.05 Å².